The zero-order chi connectivity index (χ0) is 13.3. The molecule has 0 aliphatic carbocycles. The summed E-state index contributed by atoms with van der Waals surface area (Å²) in [7, 11) is 0. The van der Waals surface area contributed by atoms with Gasteiger partial charge in [0.05, 0.1) is 19.6 Å². The van der Waals surface area contributed by atoms with Gasteiger partial charge in [0, 0.05) is 0 Å². The Kier molecular flexibility index (Phi) is 10.9. The summed E-state index contributed by atoms with van der Waals surface area (Å²) in [5.74, 6) is -2.88. The Morgan fingerprint density at radius 2 is 1.22 bits per heavy atom. The molecule has 106 valence electrons. The van der Waals surface area contributed by atoms with E-state index in [1.807, 2.05) is 0 Å². The van der Waals surface area contributed by atoms with Gasteiger partial charge in [0.25, 0.3) is 0 Å². The fourth-order valence-corrected chi connectivity index (χ4v) is 0.729. The average molecular weight is 310 g/mol. The van der Waals surface area contributed by atoms with Crippen molar-refractivity contribution in [3.8, 4) is 0 Å². The molecule has 0 saturated heterocycles. The Balaban J connectivity index is 0. The van der Waals surface area contributed by atoms with Gasteiger partial charge in [0.2, 0.25) is 17.7 Å². The summed E-state index contributed by atoms with van der Waals surface area (Å²) >= 11 is 0. The first-order valence-electron chi connectivity index (χ1n) is 4.67. The Hall–Kier alpha value is -1.64. The number of hydrogen-bond donors (Lipinski definition) is 5. The van der Waals surface area contributed by atoms with Crippen LogP contribution in [0.5, 0.6) is 0 Å². The molecule has 6 N–H and O–H groups in total. The second kappa shape index (κ2) is 10.5. The Morgan fingerprint density at radius 1 is 0.833 bits per heavy atom. The van der Waals surface area contributed by atoms with Crippen molar-refractivity contribution in [3.63, 3.8) is 0 Å². The minimum atomic E-state index is -1.18. The number of nitrogens with two attached hydrogens (primary N) is 1. The van der Waals surface area contributed by atoms with Crippen LogP contribution in [0.3, 0.4) is 0 Å². The van der Waals surface area contributed by atoms with Crippen molar-refractivity contribution in [3.05, 3.63) is 0 Å². The third-order valence-corrected chi connectivity index (χ3v) is 1.51. The number of carbonyl (C=O) groups is 4. The van der Waals surface area contributed by atoms with Gasteiger partial charge in [-0.1, -0.05) is 0 Å². The summed E-state index contributed by atoms with van der Waals surface area (Å²) in [4.78, 5) is 42.8. The van der Waals surface area contributed by atoms with E-state index in [-0.39, 0.29) is 36.7 Å². The van der Waals surface area contributed by atoms with E-state index in [2.05, 4.69) is 16.0 Å². The van der Waals surface area contributed by atoms with Crippen molar-refractivity contribution in [1.82, 2.24) is 16.0 Å². The molecule has 9 nitrogen and oxygen atoms in total. The van der Waals surface area contributed by atoms with Crippen LogP contribution in [-0.2, 0) is 36.2 Å². The number of amides is 3. The third kappa shape index (κ3) is 10.9. The van der Waals surface area contributed by atoms with E-state index in [9.17, 15) is 19.2 Å². The topological polar surface area (TPSA) is 151 Å². The van der Waals surface area contributed by atoms with Crippen molar-refractivity contribution in [2.24, 2.45) is 5.73 Å². The molecule has 3 amide bonds. The summed E-state index contributed by atoms with van der Waals surface area (Å²) in [5.41, 5.74) is 4.98. The Bertz CT molecular complexity index is 323. The van der Waals surface area contributed by atoms with Crippen molar-refractivity contribution in [1.29, 1.82) is 0 Å². The van der Waals surface area contributed by atoms with Gasteiger partial charge in [-0.2, -0.15) is 0 Å². The van der Waals surface area contributed by atoms with E-state index in [1.54, 1.807) is 0 Å². The second-order valence-electron chi connectivity index (χ2n) is 2.93. The standard InChI is InChI=1S/C8H14N4O5.Cu/c9-1-5(13)10-2-6(14)11-3-7(15)12-4-8(16)17;/h1-4,9H2,(H,10,13)(H,11,14)(H,12,15)(H,16,17);/q;+1. The summed E-state index contributed by atoms with van der Waals surface area (Å²) in [6, 6.07) is 0. The fraction of sp³-hybridized carbons (Fsp3) is 0.500. The molecule has 0 aliphatic rings. The molecule has 0 spiro atoms. The summed E-state index contributed by atoms with van der Waals surface area (Å²) in [6.45, 7) is -1.39. The molecule has 0 saturated carbocycles. The molecule has 0 aromatic carbocycles. The van der Waals surface area contributed by atoms with Gasteiger partial charge in [-0.05, 0) is 0 Å². The molecule has 18 heavy (non-hydrogen) atoms. The van der Waals surface area contributed by atoms with Crippen LogP contribution in [0.15, 0.2) is 0 Å². The van der Waals surface area contributed by atoms with Crippen molar-refractivity contribution < 1.29 is 41.4 Å². The third-order valence-electron chi connectivity index (χ3n) is 1.51. The van der Waals surface area contributed by atoms with E-state index >= 15 is 0 Å². The molecule has 10 heteroatoms. The van der Waals surface area contributed by atoms with E-state index in [0.717, 1.165) is 0 Å². The van der Waals surface area contributed by atoms with Crippen molar-refractivity contribution in [2.45, 2.75) is 0 Å². The molecule has 0 atom stereocenters. The molecule has 0 aliphatic heterocycles. The maximum Gasteiger partial charge on any atom is 1.00 e. The molecule has 0 heterocycles. The first-order valence-corrected chi connectivity index (χ1v) is 4.67. The van der Waals surface area contributed by atoms with Gasteiger partial charge in [0.1, 0.15) is 6.54 Å². The molecular formula is C8H14CuN4O5+. The maximum atomic E-state index is 11.0. The van der Waals surface area contributed by atoms with E-state index in [1.165, 1.54) is 0 Å². The predicted molar refractivity (Wildman–Crippen MR) is 55.7 cm³/mol. The van der Waals surface area contributed by atoms with E-state index in [4.69, 9.17) is 10.8 Å². The molecule has 0 unspecified atom stereocenters. The molecule has 0 radical (unpaired) electrons. The molecular weight excluding hydrogens is 296 g/mol. The van der Waals surface area contributed by atoms with Gasteiger partial charge >= 0.3 is 23.0 Å². The Morgan fingerprint density at radius 3 is 1.61 bits per heavy atom. The van der Waals surface area contributed by atoms with Crippen LogP contribution in [0.4, 0.5) is 0 Å². The maximum absolute atomic E-state index is 11.0. The van der Waals surface area contributed by atoms with Crippen LogP contribution in [0.25, 0.3) is 0 Å². The monoisotopic (exact) mass is 309 g/mol. The van der Waals surface area contributed by atoms with Gasteiger partial charge in [-0.15, -0.1) is 0 Å². The van der Waals surface area contributed by atoms with Crippen LogP contribution in [-0.4, -0.2) is 55.0 Å². The number of carboxylic acid groups (broad SMARTS) is 1. The number of aliphatic carboxylic acids is 1. The van der Waals surface area contributed by atoms with E-state index < -0.39 is 30.2 Å². The largest absolute Gasteiger partial charge is 1.00 e. The van der Waals surface area contributed by atoms with Crippen molar-refractivity contribution in [2.75, 3.05) is 26.2 Å². The fourth-order valence-electron chi connectivity index (χ4n) is 0.729. The number of carbonyl (C=O) groups excluding carboxylic acids is 3. The normalized spacial score (nSPS) is 8.72. The van der Waals surface area contributed by atoms with Gasteiger partial charge in [-0.25, -0.2) is 0 Å². The van der Waals surface area contributed by atoms with Crippen LogP contribution in [0.1, 0.15) is 0 Å². The van der Waals surface area contributed by atoms with Crippen LogP contribution < -0.4 is 21.7 Å². The Labute approximate surface area is 113 Å². The van der Waals surface area contributed by atoms with Gasteiger partial charge in [0.15, 0.2) is 0 Å². The number of hydrogen-bond acceptors (Lipinski definition) is 5. The van der Waals surface area contributed by atoms with Gasteiger partial charge in [-0.3, -0.25) is 19.2 Å². The molecule has 0 aromatic rings. The molecule has 0 rings (SSSR count). The summed E-state index contributed by atoms with van der Waals surface area (Å²) < 4.78 is 0. The van der Waals surface area contributed by atoms with Crippen molar-refractivity contribution >= 4 is 23.7 Å². The minimum Gasteiger partial charge on any atom is -0.480 e. The van der Waals surface area contributed by atoms with Gasteiger partial charge < -0.3 is 26.8 Å². The quantitative estimate of drug-likeness (QED) is 0.306. The number of rotatable bonds is 7. The van der Waals surface area contributed by atoms with Crippen LogP contribution in [0.2, 0.25) is 0 Å². The zero-order valence-corrected chi connectivity index (χ0v) is 10.2. The number of nitrogens with one attached hydrogen (secondary N) is 3. The first kappa shape index (κ1) is 18.7. The second-order valence-corrected chi connectivity index (χ2v) is 2.93. The first-order chi connectivity index (χ1) is 7.95. The zero-order valence-electron chi connectivity index (χ0n) is 9.29. The average Bonchev–Trinajstić information content (AvgIpc) is 2.30. The molecule has 0 fully saturated rings. The minimum absolute atomic E-state index is 0. The predicted octanol–water partition coefficient (Wildman–Crippen LogP) is -3.62. The smallest absolute Gasteiger partial charge is 0.480 e. The van der Waals surface area contributed by atoms with Crippen LogP contribution in [0, 0.1) is 0 Å². The SMILES string of the molecule is NCC(=O)NCC(=O)NCC(=O)NCC(=O)O.[Cu+]. The summed E-state index contributed by atoms with van der Waals surface area (Å²) in [5, 5.41) is 14.7. The van der Waals surface area contributed by atoms with E-state index in [0.29, 0.717) is 0 Å². The summed E-state index contributed by atoms with van der Waals surface area (Å²) in [6.07, 6.45) is 0. The number of carboxylic acids is 1. The van der Waals surface area contributed by atoms with Crippen LogP contribution >= 0.6 is 0 Å². The molecule has 0 bridgehead atoms. The molecule has 0 aromatic heterocycles.